The summed E-state index contributed by atoms with van der Waals surface area (Å²) in [4.78, 5) is 21.6. The number of ether oxygens (including phenoxy) is 1. The number of hydrogen-bond donors (Lipinski definition) is 2. The van der Waals surface area contributed by atoms with Gasteiger partial charge in [0, 0.05) is 37.4 Å². The molecule has 0 bridgehead atoms. The molecule has 0 aliphatic heterocycles. The van der Waals surface area contributed by atoms with Gasteiger partial charge in [-0.1, -0.05) is 24.3 Å². The number of aromatic nitrogens is 1. The number of rotatable bonds is 9. The predicted octanol–water partition coefficient (Wildman–Crippen LogP) is 6.52. The average molecular weight is 563 g/mol. The molecular weight excluding hydrogens is 520 g/mol. The second-order valence-corrected chi connectivity index (χ2v) is 12.7. The van der Waals surface area contributed by atoms with E-state index in [1.807, 2.05) is 17.2 Å². The molecule has 214 valence electrons. The van der Waals surface area contributed by atoms with E-state index in [1.165, 1.54) is 11.1 Å². The molecule has 2 N–H and O–H groups in total. The first-order chi connectivity index (χ1) is 19.4. The molecule has 1 amide bonds. The van der Waals surface area contributed by atoms with Crippen molar-refractivity contribution in [3.05, 3.63) is 64.8 Å². The van der Waals surface area contributed by atoms with Crippen LogP contribution in [0.25, 0.3) is 10.4 Å². The largest absolute Gasteiger partial charge is 0.496 e. The Morgan fingerprint density at radius 1 is 1.05 bits per heavy atom. The van der Waals surface area contributed by atoms with Crippen LogP contribution in [0.2, 0.25) is 0 Å². The first kappa shape index (κ1) is 28.8. The minimum absolute atomic E-state index is 0.0368. The Hall–Kier alpha value is -2.74. The maximum absolute atomic E-state index is 14.0. The Labute approximate surface area is 242 Å². The zero-order chi connectivity index (χ0) is 28.1. The number of carbonyl (C=O) groups is 1. The zero-order valence-corrected chi connectivity index (χ0v) is 24.5. The third kappa shape index (κ3) is 6.76. The van der Waals surface area contributed by atoms with Gasteiger partial charge in [-0.3, -0.25) is 4.79 Å². The molecule has 0 radical (unpaired) electrons. The van der Waals surface area contributed by atoms with Crippen LogP contribution in [0.1, 0.15) is 73.4 Å². The molecule has 2 fully saturated rings. The third-order valence-electron chi connectivity index (χ3n) is 8.81. The van der Waals surface area contributed by atoms with Gasteiger partial charge < -0.3 is 19.8 Å². The Bertz CT molecular complexity index is 1270. The van der Waals surface area contributed by atoms with Gasteiger partial charge in [-0.15, -0.1) is 11.3 Å². The van der Waals surface area contributed by atoms with Crippen molar-refractivity contribution < 1.29 is 19.7 Å². The van der Waals surface area contributed by atoms with Crippen molar-refractivity contribution in [3.8, 4) is 16.2 Å². The molecule has 7 heteroatoms. The number of anilines is 1. The van der Waals surface area contributed by atoms with Gasteiger partial charge in [0.25, 0.3) is 0 Å². The Morgan fingerprint density at radius 3 is 2.52 bits per heavy atom. The number of aryl methyl sites for hydroxylation is 1. The first-order valence-electron chi connectivity index (χ1n) is 14.7. The molecule has 2 saturated carbocycles. The fourth-order valence-corrected chi connectivity index (χ4v) is 7.34. The van der Waals surface area contributed by atoms with Crippen molar-refractivity contribution in [2.24, 2.45) is 11.8 Å². The molecule has 0 atom stereocenters. The SMILES string of the molecule is COc1ccc(C2CCC(CN(C(=O)C3CCC(O)CC3)c3cccc(-c4cnc(CCO)s4)c3)CC2)cc1C. The number of nitrogens with zero attached hydrogens (tertiary/aromatic N) is 2. The normalized spacial score (nSPS) is 23.1. The van der Waals surface area contributed by atoms with Crippen molar-refractivity contribution in [1.82, 2.24) is 4.98 Å². The van der Waals surface area contributed by atoms with E-state index in [0.717, 1.165) is 72.0 Å². The molecule has 2 aliphatic rings. The first-order valence-corrected chi connectivity index (χ1v) is 15.6. The van der Waals surface area contributed by atoms with Gasteiger partial charge >= 0.3 is 0 Å². The summed E-state index contributed by atoms with van der Waals surface area (Å²) in [6.45, 7) is 2.93. The molecule has 6 nitrogen and oxygen atoms in total. The highest BCUT2D eigenvalue weighted by Crippen LogP contribution is 2.39. The lowest BCUT2D eigenvalue weighted by Crippen LogP contribution is -2.41. The van der Waals surface area contributed by atoms with E-state index in [2.05, 4.69) is 48.3 Å². The monoisotopic (exact) mass is 562 g/mol. The Kier molecular flexibility index (Phi) is 9.56. The van der Waals surface area contributed by atoms with Crippen molar-refractivity contribution in [2.75, 3.05) is 25.2 Å². The van der Waals surface area contributed by atoms with Crippen LogP contribution >= 0.6 is 11.3 Å². The highest BCUT2D eigenvalue weighted by Gasteiger charge is 2.32. The summed E-state index contributed by atoms with van der Waals surface area (Å²) in [6.07, 6.45) is 9.49. The summed E-state index contributed by atoms with van der Waals surface area (Å²) >= 11 is 1.59. The van der Waals surface area contributed by atoms with Crippen LogP contribution in [-0.2, 0) is 11.2 Å². The molecule has 1 heterocycles. The molecule has 40 heavy (non-hydrogen) atoms. The topological polar surface area (TPSA) is 82.9 Å². The second-order valence-electron chi connectivity index (χ2n) is 11.5. The lowest BCUT2D eigenvalue weighted by atomic mass is 9.78. The number of aliphatic hydroxyl groups is 2. The van der Waals surface area contributed by atoms with Crippen LogP contribution in [0.15, 0.2) is 48.7 Å². The van der Waals surface area contributed by atoms with Crippen molar-refractivity contribution >= 4 is 22.9 Å². The Morgan fingerprint density at radius 2 is 1.82 bits per heavy atom. The number of hydrogen-bond acceptors (Lipinski definition) is 6. The molecule has 5 rings (SSSR count). The minimum Gasteiger partial charge on any atom is -0.496 e. The number of benzene rings is 2. The van der Waals surface area contributed by atoms with Gasteiger partial charge in [0.15, 0.2) is 0 Å². The number of amides is 1. The van der Waals surface area contributed by atoms with E-state index in [9.17, 15) is 15.0 Å². The van der Waals surface area contributed by atoms with E-state index in [0.29, 0.717) is 31.1 Å². The van der Waals surface area contributed by atoms with Crippen LogP contribution in [-0.4, -0.2) is 47.5 Å². The molecule has 1 aromatic heterocycles. The van der Waals surface area contributed by atoms with Crippen LogP contribution in [0.4, 0.5) is 5.69 Å². The van der Waals surface area contributed by atoms with E-state index >= 15 is 0 Å². The number of aliphatic hydroxyl groups excluding tert-OH is 2. The lowest BCUT2D eigenvalue weighted by Gasteiger charge is -2.36. The molecule has 0 spiro atoms. The highest BCUT2D eigenvalue weighted by molar-refractivity contribution is 7.15. The molecule has 2 aromatic carbocycles. The van der Waals surface area contributed by atoms with Gasteiger partial charge in [-0.25, -0.2) is 4.98 Å². The third-order valence-corrected chi connectivity index (χ3v) is 9.92. The molecule has 3 aromatic rings. The van der Waals surface area contributed by atoms with Crippen LogP contribution in [0.5, 0.6) is 5.75 Å². The average Bonchev–Trinajstić information content (AvgIpc) is 3.45. The van der Waals surface area contributed by atoms with E-state index in [1.54, 1.807) is 18.4 Å². The fraction of sp³-hybridized carbons (Fsp3) is 0.515. The van der Waals surface area contributed by atoms with Gasteiger partial charge in [0.05, 0.1) is 23.1 Å². The van der Waals surface area contributed by atoms with Crippen molar-refractivity contribution in [1.29, 1.82) is 0 Å². The second kappa shape index (κ2) is 13.3. The number of thiazole rings is 1. The zero-order valence-electron chi connectivity index (χ0n) is 23.7. The van der Waals surface area contributed by atoms with Gasteiger partial charge in [0.2, 0.25) is 5.91 Å². The minimum atomic E-state index is -0.280. The van der Waals surface area contributed by atoms with Crippen molar-refractivity contribution in [2.45, 2.75) is 76.7 Å². The smallest absolute Gasteiger partial charge is 0.230 e. The van der Waals surface area contributed by atoms with Crippen LogP contribution in [0, 0.1) is 18.8 Å². The number of methoxy groups -OCH3 is 1. The highest BCUT2D eigenvalue weighted by atomic mass is 32.1. The summed E-state index contributed by atoms with van der Waals surface area (Å²) in [7, 11) is 1.72. The maximum Gasteiger partial charge on any atom is 0.230 e. The molecule has 0 saturated heterocycles. The van der Waals surface area contributed by atoms with Crippen LogP contribution < -0.4 is 9.64 Å². The summed E-state index contributed by atoms with van der Waals surface area (Å²) in [6, 6.07) is 14.8. The Balaban J connectivity index is 1.33. The molecule has 0 unspecified atom stereocenters. The van der Waals surface area contributed by atoms with Gasteiger partial charge in [0.1, 0.15) is 5.75 Å². The van der Waals surface area contributed by atoms with Crippen LogP contribution in [0.3, 0.4) is 0 Å². The summed E-state index contributed by atoms with van der Waals surface area (Å²) in [5, 5.41) is 20.2. The summed E-state index contributed by atoms with van der Waals surface area (Å²) in [5.74, 6) is 2.10. The van der Waals surface area contributed by atoms with E-state index in [-0.39, 0.29) is 24.5 Å². The lowest BCUT2D eigenvalue weighted by molar-refractivity contribution is -0.124. The van der Waals surface area contributed by atoms with Crippen molar-refractivity contribution in [3.63, 3.8) is 0 Å². The fourth-order valence-electron chi connectivity index (χ4n) is 6.44. The quantitative estimate of drug-likeness (QED) is 0.310. The maximum atomic E-state index is 14.0. The summed E-state index contributed by atoms with van der Waals surface area (Å²) in [5.41, 5.74) is 4.57. The molecular formula is C33H42N2O4S. The number of carbonyl (C=O) groups excluding carboxylic acids is 1. The summed E-state index contributed by atoms with van der Waals surface area (Å²) < 4.78 is 5.45. The van der Waals surface area contributed by atoms with Gasteiger partial charge in [-0.2, -0.15) is 0 Å². The van der Waals surface area contributed by atoms with E-state index in [4.69, 9.17) is 4.74 Å². The van der Waals surface area contributed by atoms with Gasteiger partial charge in [-0.05, 0) is 105 Å². The van der Waals surface area contributed by atoms with E-state index < -0.39 is 0 Å². The predicted molar refractivity (Wildman–Crippen MR) is 161 cm³/mol. The standard InChI is InChI=1S/C33H42N2O4S/c1-22-18-26(12-15-30(22)39-2)24-8-6-23(7-9-24)21-35(33(38)25-10-13-29(37)14-11-25)28-5-3-4-27(19-28)31-20-34-32(40-31)16-17-36/h3-5,12,15,18-20,23-25,29,36-37H,6-11,13-14,16-17,21H2,1-2H3. The molecule has 2 aliphatic carbocycles.